The summed E-state index contributed by atoms with van der Waals surface area (Å²) in [6.45, 7) is 3.01. The molecule has 122 valence electrons. The summed E-state index contributed by atoms with van der Waals surface area (Å²) >= 11 is 0. The Morgan fingerprint density at radius 1 is 1.39 bits per heavy atom. The Morgan fingerprint density at radius 3 is 2.87 bits per heavy atom. The van der Waals surface area contributed by atoms with Crippen molar-refractivity contribution in [2.75, 3.05) is 13.7 Å². The molecule has 1 aromatic carbocycles. The average Bonchev–Trinajstić information content (AvgIpc) is 3.24. The van der Waals surface area contributed by atoms with Gasteiger partial charge in [0.15, 0.2) is 0 Å². The van der Waals surface area contributed by atoms with Crippen LogP contribution in [-0.4, -0.2) is 40.7 Å². The smallest absolute Gasteiger partial charge is 0.272 e. The number of nitrogens with one attached hydrogen (secondary N) is 1. The van der Waals surface area contributed by atoms with Crippen molar-refractivity contribution in [1.82, 2.24) is 15.1 Å². The number of amides is 1. The number of benzene rings is 1. The van der Waals surface area contributed by atoms with Gasteiger partial charge in [0.25, 0.3) is 5.91 Å². The highest BCUT2D eigenvalue weighted by molar-refractivity contribution is 5.93. The zero-order valence-electron chi connectivity index (χ0n) is 13.7. The summed E-state index contributed by atoms with van der Waals surface area (Å²) in [5.41, 5.74) is 2.31. The molecule has 0 aliphatic carbocycles. The van der Waals surface area contributed by atoms with Crippen LogP contribution in [0.2, 0.25) is 0 Å². The normalized spacial score (nSPS) is 17.5. The van der Waals surface area contributed by atoms with E-state index in [1.54, 1.807) is 7.11 Å². The van der Waals surface area contributed by atoms with Crippen LogP contribution in [0.15, 0.2) is 30.3 Å². The molecular weight excluding hydrogens is 290 g/mol. The molecule has 2 aromatic rings. The highest BCUT2D eigenvalue weighted by Crippen LogP contribution is 2.25. The first-order valence-electron chi connectivity index (χ1n) is 8.23. The van der Waals surface area contributed by atoms with Gasteiger partial charge in [0, 0.05) is 18.2 Å². The van der Waals surface area contributed by atoms with Gasteiger partial charge in [-0.1, -0.05) is 13.3 Å². The predicted molar refractivity (Wildman–Crippen MR) is 89.5 cm³/mol. The summed E-state index contributed by atoms with van der Waals surface area (Å²) in [4.78, 5) is 14.7. The second-order valence-corrected chi connectivity index (χ2v) is 5.98. The Kier molecular flexibility index (Phi) is 4.65. The summed E-state index contributed by atoms with van der Waals surface area (Å²) in [5.74, 6) is 0.869. The molecule has 0 saturated carbocycles. The molecule has 1 saturated heterocycles. The van der Waals surface area contributed by atoms with E-state index in [0.29, 0.717) is 11.7 Å². The van der Waals surface area contributed by atoms with Crippen molar-refractivity contribution in [2.45, 2.75) is 38.6 Å². The molecule has 1 fully saturated rings. The van der Waals surface area contributed by atoms with Gasteiger partial charge < -0.3 is 9.64 Å². The predicted octanol–water partition coefficient (Wildman–Crippen LogP) is 3.49. The third-order valence-corrected chi connectivity index (χ3v) is 4.45. The lowest BCUT2D eigenvalue weighted by atomic mass is 10.1. The number of likely N-dealkylation sites (tertiary alicyclic amines) is 1. The third kappa shape index (κ3) is 3.23. The molecule has 1 amide bonds. The summed E-state index contributed by atoms with van der Waals surface area (Å²) in [5, 5.41) is 7.19. The Balaban J connectivity index is 1.76. The monoisotopic (exact) mass is 313 g/mol. The van der Waals surface area contributed by atoms with Crippen LogP contribution in [0.25, 0.3) is 11.3 Å². The molecule has 23 heavy (non-hydrogen) atoms. The Morgan fingerprint density at radius 2 is 2.17 bits per heavy atom. The topological polar surface area (TPSA) is 58.2 Å². The molecule has 3 rings (SSSR count). The maximum atomic E-state index is 12.7. The molecule has 1 aromatic heterocycles. The first-order valence-corrected chi connectivity index (χ1v) is 8.23. The number of carbonyl (C=O) groups excluding carboxylic acids is 1. The fraction of sp³-hybridized carbons (Fsp3) is 0.444. The number of rotatable bonds is 5. The fourth-order valence-electron chi connectivity index (χ4n) is 3.23. The number of aromatic nitrogens is 2. The lowest BCUT2D eigenvalue weighted by Gasteiger charge is -2.23. The number of carbonyl (C=O) groups is 1. The van der Waals surface area contributed by atoms with Gasteiger partial charge >= 0.3 is 0 Å². The van der Waals surface area contributed by atoms with Crippen LogP contribution in [0.4, 0.5) is 0 Å². The molecular formula is C18H23N3O2. The number of aromatic amines is 1. The second-order valence-electron chi connectivity index (χ2n) is 5.98. The minimum absolute atomic E-state index is 0.0632. The van der Waals surface area contributed by atoms with Gasteiger partial charge in [0.2, 0.25) is 0 Å². The molecule has 1 aliphatic rings. The number of H-pyrrole nitrogens is 1. The van der Waals surface area contributed by atoms with Gasteiger partial charge in [-0.25, -0.2) is 0 Å². The van der Waals surface area contributed by atoms with E-state index in [-0.39, 0.29) is 5.91 Å². The van der Waals surface area contributed by atoms with E-state index < -0.39 is 0 Å². The van der Waals surface area contributed by atoms with Gasteiger partial charge in [0.05, 0.1) is 12.8 Å². The van der Waals surface area contributed by atoms with Gasteiger partial charge in [-0.05, 0) is 49.6 Å². The van der Waals surface area contributed by atoms with E-state index in [1.807, 2.05) is 35.2 Å². The van der Waals surface area contributed by atoms with E-state index in [9.17, 15) is 4.79 Å². The first-order chi connectivity index (χ1) is 11.2. The standard InChI is InChI=1S/C18H23N3O2/c1-3-5-14-6-4-11-21(14)18(22)17-12-16(19-20-17)13-7-9-15(23-2)10-8-13/h7-10,12,14H,3-6,11H2,1-2H3,(H,19,20)/t14-/m0/s1. The average molecular weight is 313 g/mol. The van der Waals surface area contributed by atoms with Crippen molar-refractivity contribution >= 4 is 5.91 Å². The maximum absolute atomic E-state index is 12.7. The molecule has 1 N–H and O–H groups in total. The van der Waals surface area contributed by atoms with Crippen molar-refractivity contribution in [3.8, 4) is 17.0 Å². The summed E-state index contributed by atoms with van der Waals surface area (Å²) in [7, 11) is 1.64. The zero-order valence-corrected chi connectivity index (χ0v) is 13.7. The van der Waals surface area contributed by atoms with Crippen molar-refractivity contribution < 1.29 is 9.53 Å². The van der Waals surface area contributed by atoms with E-state index in [0.717, 1.165) is 49.2 Å². The zero-order chi connectivity index (χ0) is 16.2. The van der Waals surface area contributed by atoms with Crippen molar-refractivity contribution in [3.63, 3.8) is 0 Å². The molecule has 0 bridgehead atoms. The van der Waals surface area contributed by atoms with Crippen LogP contribution in [-0.2, 0) is 0 Å². The SMILES string of the molecule is CCC[C@H]1CCCN1C(=O)c1cc(-c2ccc(OC)cc2)n[nH]1. The maximum Gasteiger partial charge on any atom is 0.272 e. The van der Waals surface area contributed by atoms with Crippen LogP contribution < -0.4 is 4.74 Å². The van der Waals surface area contributed by atoms with Crippen LogP contribution in [0.5, 0.6) is 5.75 Å². The molecule has 0 unspecified atom stereocenters. The minimum Gasteiger partial charge on any atom is -0.497 e. The number of methoxy groups -OCH3 is 1. The molecule has 0 spiro atoms. The number of ether oxygens (including phenoxy) is 1. The molecule has 0 radical (unpaired) electrons. The Bertz CT molecular complexity index is 663. The van der Waals surface area contributed by atoms with Crippen molar-refractivity contribution in [3.05, 3.63) is 36.0 Å². The molecule has 1 atom stereocenters. The molecule has 5 nitrogen and oxygen atoms in total. The summed E-state index contributed by atoms with van der Waals surface area (Å²) in [6, 6.07) is 9.89. The van der Waals surface area contributed by atoms with Crippen LogP contribution in [0.3, 0.4) is 0 Å². The highest BCUT2D eigenvalue weighted by Gasteiger charge is 2.29. The number of nitrogens with zero attached hydrogens (tertiary/aromatic N) is 2. The van der Waals surface area contributed by atoms with Gasteiger partial charge in [-0.15, -0.1) is 0 Å². The molecule has 5 heteroatoms. The van der Waals surface area contributed by atoms with Crippen molar-refractivity contribution in [2.24, 2.45) is 0 Å². The Labute approximate surface area is 136 Å². The van der Waals surface area contributed by atoms with E-state index in [4.69, 9.17) is 4.74 Å². The minimum atomic E-state index is 0.0632. The quantitative estimate of drug-likeness (QED) is 0.919. The van der Waals surface area contributed by atoms with Crippen LogP contribution in [0.1, 0.15) is 43.1 Å². The van der Waals surface area contributed by atoms with Gasteiger partial charge in [0.1, 0.15) is 11.4 Å². The van der Waals surface area contributed by atoms with Crippen LogP contribution >= 0.6 is 0 Å². The summed E-state index contributed by atoms with van der Waals surface area (Å²) < 4.78 is 5.16. The van der Waals surface area contributed by atoms with Crippen LogP contribution in [0, 0.1) is 0 Å². The molecule has 2 heterocycles. The van der Waals surface area contributed by atoms with Gasteiger partial charge in [-0.2, -0.15) is 5.10 Å². The lowest BCUT2D eigenvalue weighted by Crippen LogP contribution is -2.35. The third-order valence-electron chi connectivity index (χ3n) is 4.45. The largest absolute Gasteiger partial charge is 0.497 e. The first kappa shape index (κ1) is 15.6. The van der Waals surface area contributed by atoms with Gasteiger partial charge in [-0.3, -0.25) is 9.89 Å². The Hall–Kier alpha value is -2.30. The van der Waals surface area contributed by atoms with E-state index in [1.165, 1.54) is 0 Å². The highest BCUT2D eigenvalue weighted by atomic mass is 16.5. The number of hydrogen-bond acceptors (Lipinski definition) is 3. The molecule has 1 aliphatic heterocycles. The fourth-order valence-corrected chi connectivity index (χ4v) is 3.23. The summed E-state index contributed by atoms with van der Waals surface area (Å²) in [6.07, 6.45) is 4.38. The number of hydrogen-bond donors (Lipinski definition) is 1. The van der Waals surface area contributed by atoms with E-state index in [2.05, 4.69) is 17.1 Å². The second kappa shape index (κ2) is 6.86. The van der Waals surface area contributed by atoms with Crippen molar-refractivity contribution in [1.29, 1.82) is 0 Å². The van der Waals surface area contributed by atoms with E-state index >= 15 is 0 Å². The lowest BCUT2D eigenvalue weighted by molar-refractivity contribution is 0.0724.